The Labute approximate surface area is 108 Å². The quantitative estimate of drug-likeness (QED) is 0.372. The van der Waals surface area contributed by atoms with Crippen LogP contribution in [0.25, 0.3) is 0 Å². The second kappa shape index (κ2) is 4.96. The number of hydrogen-bond donors (Lipinski definition) is 0. The van der Waals surface area contributed by atoms with Crippen molar-refractivity contribution in [2.24, 2.45) is 0 Å². The zero-order valence-corrected chi connectivity index (χ0v) is 11.8. The van der Waals surface area contributed by atoms with Gasteiger partial charge in [0.15, 0.2) is 5.78 Å². The fourth-order valence-electron chi connectivity index (χ4n) is 2.09. The van der Waals surface area contributed by atoms with Gasteiger partial charge in [0, 0.05) is 16.7 Å². The molecule has 0 aromatic heterocycles. The highest BCUT2D eigenvalue weighted by Crippen LogP contribution is 2.32. The molecule has 0 aliphatic heterocycles. The summed E-state index contributed by atoms with van der Waals surface area (Å²) in [5.41, 5.74) is 3.26. The number of benzene rings is 1. The maximum atomic E-state index is 11.8. The number of alkyl halides is 1. The van der Waals surface area contributed by atoms with Crippen LogP contribution in [0, 0.1) is 37.8 Å². The Bertz CT molecular complexity index is 509. The van der Waals surface area contributed by atoms with E-state index in [-0.39, 0.29) is 16.8 Å². The standard InChI is InChI=1S/C12H14BrNO3/c1-6-7(2)11(10(15)5-13)9(4)12(8(6)3)14(16)17/h5H2,1-4H3. The van der Waals surface area contributed by atoms with Gasteiger partial charge >= 0.3 is 0 Å². The van der Waals surface area contributed by atoms with E-state index in [0.717, 1.165) is 11.1 Å². The molecule has 1 rings (SSSR count). The molecule has 0 unspecified atom stereocenters. The van der Waals surface area contributed by atoms with E-state index in [1.54, 1.807) is 13.8 Å². The molecule has 0 saturated carbocycles. The Balaban J connectivity index is 3.74. The Morgan fingerprint density at radius 2 is 1.65 bits per heavy atom. The second-order valence-corrected chi connectivity index (χ2v) is 4.60. The van der Waals surface area contributed by atoms with Crippen LogP contribution in [-0.4, -0.2) is 16.0 Å². The van der Waals surface area contributed by atoms with E-state index in [1.165, 1.54) is 0 Å². The molecule has 0 spiro atoms. The van der Waals surface area contributed by atoms with Gasteiger partial charge in [-0.05, 0) is 38.8 Å². The molecule has 0 fully saturated rings. The fraction of sp³-hybridized carbons (Fsp3) is 0.417. The van der Waals surface area contributed by atoms with Gasteiger partial charge in [-0.25, -0.2) is 0 Å². The first-order valence-corrected chi connectivity index (χ1v) is 6.29. The monoisotopic (exact) mass is 299 g/mol. The van der Waals surface area contributed by atoms with Crippen molar-refractivity contribution < 1.29 is 9.72 Å². The minimum atomic E-state index is -0.415. The molecular formula is C12H14BrNO3. The smallest absolute Gasteiger partial charge is 0.276 e. The SMILES string of the molecule is Cc1c(C)c(C(=O)CBr)c(C)c([N+](=O)[O-])c1C. The summed E-state index contributed by atoms with van der Waals surface area (Å²) < 4.78 is 0. The van der Waals surface area contributed by atoms with Gasteiger partial charge in [-0.2, -0.15) is 0 Å². The summed E-state index contributed by atoms with van der Waals surface area (Å²) >= 11 is 3.11. The lowest BCUT2D eigenvalue weighted by Gasteiger charge is -2.14. The highest BCUT2D eigenvalue weighted by molar-refractivity contribution is 9.09. The molecule has 0 saturated heterocycles. The van der Waals surface area contributed by atoms with E-state index in [4.69, 9.17) is 0 Å². The van der Waals surface area contributed by atoms with Crippen molar-refractivity contribution in [3.63, 3.8) is 0 Å². The largest absolute Gasteiger partial charge is 0.293 e. The normalized spacial score (nSPS) is 10.4. The van der Waals surface area contributed by atoms with Crippen LogP contribution in [-0.2, 0) is 0 Å². The summed E-state index contributed by atoms with van der Waals surface area (Å²) in [6.45, 7) is 6.99. The number of nitro benzene ring substituents is 1. The van der Waals surface area contributed by atoms with Crippen molar-refractivity contribution in [1.82, 2.24) is 0 Å². The van der Waals surface area contributed by atoms with Crippen molar-refractivity contribution in [2.75, 3.05) is 5.33 Å². The van der Waals surface area contributed by atoms with E-state index in [1.807, 2.05) is 13.8 Å². The molecule has 0 aliphatic carbocycles. The van der Waals surface area contributed by atoms with E-state index in [0.29, 0.717) is 16.7 Å². The number of halogens is 1. The predicted molar refractivity (Wildman–Crippen MR) is 70.2 cm³/mol. The minimum absolute atomic E-state index is 0.0531. The molecule has 1 aromatic rings. The second-order valence-electron chi connectivity index (χ2n) is 4.04. The van der Waals surface area contributed by atoms with Crippen molar-refractivity contribution >= 4 is 27.4 Å². The Morgan fingerprint density at radius 1 is 1.12 bits per heavy atom. The van der Waals surface area contributed by atoms with E-state index >= 15 is 0 Å². The molecule has 0 amide bonds. The minimum Gasteiger partial charge on any atom is -0.293 e. The average Bonchev–Trinajstić information content (AvgIpc) is 2.25. The third-order valence-electron chi connectivity index (χ3n) is 3.17. The van der Waals surface area contributed by atoms with Gasteiger partial charge in [0.25, 0.3) is 5.69 Å². The van der Waals surface area contributed by atoms with Crippen LogP contribution in [0.1, 0.15) is 32.6 Å². The van der Waals surface area contributed by atoms with Gasteiger partial charge in [0.2, 0.25) is 0 Å². The molecular weight excluding hydrogens is 286 g/mol. The first-order chi connectivity index (χ1) is 7.82. The summed E-state index contributed by atoms with van der Waals surface area (Å²) in [6.07, 6.45) is 0. The van der Waals surface area contributed by atoms with Crippen molar-refractivity contribution in [2.45, 2.75) is 27.7 Å². The van der Waals surface area contributed by atoms with E-state index in [2.05, 4.69) is 15.9 Å². The molecule has 0 aliphatic rings. The zero-order valence-electron chi connectivity index (χ0n) is 10.3. The third-order valence-corrected chi connectivity index (χ3v) is 3.68. The maximum absolute atomic E-state index is 11.8. The summed E-state index contributed by atoms with van der Waals surface area (Å²) in [5.74, 6) is -0.119. The average molecular weight is 300 g/mol. The van der Waals surface area contributed by atoms with Crippen molar-refractivity contribution in [3.8, 4) is 0 Å². The maximum Gasteiger partial charge on any atom is 0.276 e. The fourth-order valence-corrected chi connectivity index (χ4v) is 2.37. The number of carbonyl (C=O) groups is 1. The molecule has 4 nitrogen and oxygen atoms in total. The molecule has 0 N–H and O–H groups in total. The van der Waals surface area contributed by atoms with Crippen LogP contribution < -0.4 is 0 Å². The number of rotatable bonds is 3. The van der Waals surface area contributed by atoms with Crippen LogP contribution >= 0.6 is 15.9 Å². The van der Waals surface area contributed by atoms with Gasteiger partial charge < -0.3 is 0 Å². The summed E-state index contributed by atoms with van der Waals surface area (Å²) in [7, 11) is 0. The number of Topliss-reactive ketones (excluding diaryl/α,β-unsaturated/α-hetero) is 1. The lowest BCUT2D eigenvalue weighted by Crippen LogP contribution is -2.11. The number of nitro groups is 1. The topological polar surface area (TPSA) is 60.2 Å². The van der Waals surface area contributed by atoms with Crippen LogP contribution in [0.15, 0.2) is 0 Å². The molecule has 17 heavy (non-hydrogen) atoms. The first kappa shape index (κ1) is 13.8. The number of carbonyl (C=O) groups excluding carboxylic acids is 1. The number of hydrogen-bond acceptors (Lipinski definition) is 3. The Kier molecular flexibility index (Phi) is 4.03. The summed E-state index contributed by atoms with van der Waals surface area (Å²) in [4.78, 5) is 22.5. The van der Waals surface area contributed by atoms with Gasteiger partial charge in [-0.3, -0.25) is 14.9 Å². The third kappa shape index (κ3) is 2.24. The van der Waals surface area contributed by atoms with Gasteiger partial charge in [-0.1, -0.05) is 15.9 Å². The highest BCUT2D eigenvalue weighted by Gasteiger charge is 2.25. The lowest BCUT2D eigenvalue weighted by atomic mass is 9.90. The highest BCUT2D eigenvalue weighted by atomic mass is 79.9. The van der Waals surface area contributed by atoms with Crippen LogP contribution in [0.4, 0.5) is 5.69 Å². The summed E-state index contributed by atoms with van der Waals surface area (Å²) in [5, 5.41) is 11.2. The summed E-state index contributed by atoms with van der Waals surface area (Å²) in [6, 6.07) is 0. The van der Waals surface area contributed by atoms with E-state index < -0.39 is 4.92 Å². The molecule has 1 aromatic carbocycles. The molecule has 0 heterocycles. The van der Waals surface area contributed by atoms with Crippen molar-refractivity contribution in [1.29, 1.82) is 0 Å². The molecule has 92 valence electrons. The van der Waals surface area contributed by atoms with Crippen LogP contribution in [0.3, 0.4) is 0 Å². The van der Waals surface area contributed by atoms with Crippen molar-refractivity contribution in [3.05, 3.63) is 37.9 Å². The number of nitrogens with zero attached hydrogens (tertiary/aromatic N) is 1. The van der Waals surface area contributed by atoms with E-state index in [9.17, 15) is 14.9 Å². The lowest BCUT2D eigenvalue weighted by molar-refractivity contribution is -0.386. The van der Waals surface area contributed by atoms with Crippen LogP contribution in [0.2, 0.25) is 0 Å². The molecule has 0 atom stereocenters. The molecule has 0 radical (unpaired) electrons. The van der Waals surface area contributed by atoms with Gasteiger partial charge in [0.05, 0.1) is 10.3 Å². The predicted octanol–water partition coefficient (Wildman–Crippen LogP) is 3.41. The van der Waals surface area contributed by atoms with Gasteiger partial charge in [-0.15, -0.1) is 0 Å². The molecule has 0 bridgehead atoms. The zero-order chi connectivity index (χ0) is 13.3. The Hall–Kier alpha value is -1.23. The van der Waals surface area contributed by atoms with Gasteiger partial charge in [0.1, 0.15) is 0 Å². The Morgan fingerprint density at radius 3 is 2.06 bits per heavy atom. The molecule has 5 heteroatoms. The number of ketones is 1. The van der Waals surface area contributed by atoms with Crippen LogP contribution in [0.5, 0.6) is 0 Å². The first-order valence-electron chi connectivity index (χ1n) is 5.16.